The van der Waals surface area contributed by atoms with Crippen LogP contribution in [0.2, 0.25) is 0 Å². The maximum absolute atomic E-state index is 6.05. The molecule has 0 saturated heterocycles. The van der Waals surface area contributed by atoms with Crippen molar-refractivity contribution < 1.29 is 0 Å². The zero-order valence-electron chi connectivity index (χ0n) is 10.7. The Morgan fingerprint density at radius 3 is 2.35 bits per heavy atom. The molecule has 0 fully saturated rings. The predicted octanol–water partition coefficient (Wildman–Crippen LogP) is 3.43. The molecule has 0 saturated carbocycles. The summed E-state index contributed by atoms with van der Waals surface area (Å²) in [6, 6.07) is 8.34. The van der Waals surface area contributed by atoms with Gasteiger partial charge in [-0.25, -0.2) is 0 Å². The Hall–Kier alpha value is -0.0900. The van der Waals surface area contributed by atoms with E-state index >= 15 is 0 Å². The third-order valence-electron chi connectivity index (χ3n) is 2.43. The van der Waals surface area contributed by atoms with Crippen molar-refractivity contribution in [3.05, 3.63) is 34.3 Å². The lowest BCUT2D eigenvalue weighted by molar-refractivity contribution is 0.228. The Labute approximate surface area is 119 Å². The molecule has 0 aliphatic heterocycles. The molecule has 1 aromatic carbocycles. The molecular formula is C13H22BrClN2. The average molecular weight is 322 g/mol. The summed E-state index contributed by atoms with van der Waals surface area (Å²) < 4.78 is 1.17. The first-order chi connectivity index (χ1) is 7.42. The number of hydrogen-bond donors (Lipinski definition) is 1. The Morgan fingerprint density at radius 2 is 1.88 bits per heavy atom. The molecule has 0 atom stereocenters. The molecule has 0 aliphatic rings. The van der Waals surface area contributed by atoms with Crippen LogP contribution >= 0.6 is 28.3 Å². The predicted molar refractivity (Wildman–Crippen MR) is 80.6 cm³/mol. The Balaban J connectivity index is 0.00000256. The molecule has 0 aromatic heterocycles. The zero-order chi connectivity index (χ0) is 12.2. The van der Waals surface area contributed by atoms with Crippen molar-refractivity contribution in [1.29, 1.82) is 0 Å². The molecule has 0 radical (unpaired) electrons. The van der Waals surface area contributed by atoms with E-state index in [2.05, 4.69) is 59.8 Å². The lowest BCUT2D eigenvalue weighted by atomic mass is 10.1. The smallest absolute Gasteiger partial charge is 0.0245 e. The van der Waals surface area contributed by atoms with Gasteiger partial charge in [0.25, 0.3) is 0 Å². The van der Waals surface area contributed by atoms with Gasteiger partial charge in [-0.2, -0.15) is 0 Å². The van der Waals surface area contributed by atoms with Crippen LogP contribution in [0, 0.1) is 0 Å². The minimum Gasteiger partial charge on any atom is -0.324 e. The number of benzene rings is 1. The largest absolute Gasteiger partial charge is 0.324 e. The van der Waals surface area contributed by atoms with E-state index in [-0.39, 0.29) is 17.9 Å². The van der Waals surface area contributed by atoms with Crippen molar-refractivity contribution in [1.82, 2.24) is 4.90 Å². The van der Waals surface area contributed by atoms with E-state index < -0.39 is 0 Å². The molecule has 0 amide bonds. The van der Waals surface area contributed by atoms with Gasteiger partial charge in [0.05, 0.1) is 0 Å². The fraction of sp³-hybridized carbons (Fsp3) is 0.538. The Kier molecular flexibility index (Phi) is 7.33. The van der Waals surface area contributed by atoms with Crippen molar-refractivity contribution in [3.8, 4) is 0 Å². The summed E-state index contributed by atoms with van der Waals surface area (Å²) in [6.07, 6.45) is 0. The van der Waals surface area contributed by atoms with Gasteiger partial charge >= 0.3 is 0 Å². The van der Waals surface area contributed by atoms with Crippen LogP contribution in [0.15, 0.2) is 28.7 Å². The third kappa shape index (κ3) is 6.41. The second-order valence-electron chi connectivity index (χ2n) is 4.88. The van der Waals surface area contributed by atoms with E-state index in [1.807, 2.05) is 6.07 Å². The minimum absolute atomic E-state index is 0. The molecule has 0 bridgehead atoms. The van der Waals surface area contributed by atoms with Crippen molar-refractivity contribution in [3.63, 3.8) is 0 Å². The van der Waals surface area contributed by atoms with Crippen LogP contribution in [0.5, 0.6) is 0 Å². The van der Waals surface area contributed by atoms with Crippen molar-refractivity contribution in [2.24, 2.45) is 5.73 Å². The molecular weight excluding hydrogens is 300 g/mol. The van der Waals surface area contributed by atoms with Crippen LogP contribution in [-0.2, 0) is 6.54 Å². The molecule has 1 rings (SSSR count). The van der Waals surface area contributed by atoms with Gasteiger partial charge in [-0.1, -0.05) is 41.1 Å². The van der Waals surface area contributed by atoms with Gasteiger partial charge in [0.15, 0.2) is 0 Å². The number of likely N-dealkylation sites (N-methyl/N-ethyl adjacent to an activating group) is 1. The van der Waals surface area contributed by atoms with Crippen molar-refractivity contribution in [2.45, 2.75) is 32.9 Å². The van der Waals surface area contributed by atoms with Gasteiger partial charge in [0.1, 0.15) is 0 Å². The van der Waals surface area contributed by atoms with Crippen LogP contribution in [0.25, 0.3) is 0 Å². The van der Waals surface area contributed by atoms with Gasteiger partial charge in [0.2, 0.25) is 0 Å². The first kappa shape index (κ1) is 16.9. The van der Waals surface area contributed by atoms with E-state index in [4.69, 9.17) is 5.73 Å². The maximum Gasteiger partial charge on any atom is 0.0245 e. The number of rotatable bonds is 5. The van der Waals surface area contributed by atoms with Gasteiger partial charge in [-0.3, -0.25) is 4.90 Å². The lowest BCUT2D eigenvalue weighted by Crippen LogP contribution is -2.45. The molecule has 98 valence electrons. The quantitative estimate of drug-likeness (QED) is 0.900. The van der Waals surface area contributed by atoms with Crippen LogP contribution in [0.1, 0.15) is 26.3 Å². The Morgan fingerprint density at radius 1 is 1.29 bits per heavy atom. The molecule has 1 aromatic rings. The maximum atomic E-state index is 6.05. The third-order valence-corrected chi connectivity index (χ3v) is 3.20. The number of nitrogens with zero attached hydrogens (tertiary/aromatic N) is 1. The van der Waals surface area contributed by atoms with E-state index in [1.54, 1.807) is 0 Å². The summed E-state index contributed by atoms with van der Waals surface area (Å²) in [5.74, 6) is 0. The fourth-order valence-electron chi connectivity index (χ4n) is 1.72. The van der Waals surface area contributed by atoms with E-state index in [0.29, 0.717) is 0 Å². The molecule has 2 nitrogen and oxygen atoms in total. The minimum atomic E-state index is -0.142. The SMILES string of the molecule is CCN(Cc1ccccc1Br)CC(C)(C)N.Cl. The van der Waals surface area contributed by atoms with Gasteiger partial charge in [0, 0.05) is 23.1 Å². The first-order valence-electron chi connectivity index (χ1n) is 5.67. The molecule has 0 spiro atoms. The average Bonchev–Trinajstić information content (AvgIpc) is 2.18. The summed E-state index contributed by atoms with van der Waals surface area (Å²) in [5.41, 5.74) is 7.22. The summed E-state index contributed by atoms with van der Waals surface area (Å²) in [5, 5.41) is 0. The summed E-state index contributed by atoms with van der Waals surface area (Å²) >= 11 is 3.58. The van der Waals surface area contributed by atoms with E-state index in [9.17, 15) is 0 Å². The second kappa shape index (κ2) is 7.37. The van der Waals surface area contributed by atoms with Gasteiger partial charge in [-0.15, -0.1) is 12.4 Å². The van der Waals surface area contributed by atoms with Gasteiger partial charge in [-0.05, 0) is 32.0 Å². The van der Waals surface area contributed by atoms with E-state index in [0.717, 1.165) is 19.6 Å². The monoisotopic (exact) mass is 320 g/mol. The molecule has 17 heavy (non-hydrogen) atoms. The molecule has 0 heterocycles. The number of hydrogen-bond acceptors (Lipinski definition) is 2. The molecule has 0 aliphatic carbocycles. The van der Waals surface area contributed by atoms with Crippen LogP contribution in [0.4, 0.5) is 0 Å². The van der Waals surface area contributed by atoms with E-state index in [1.165, 1.54) is 10.0 Å². The fourth-order valence-corrected chi connectivity index (χ4v) is 2.13. The van der Waals surface area contributed by atoms with Crippen molar-refractivity contribution >= 4 is 28.3 Å². The highest BCUT2D eigenvalue weighted by Crippen LogP contribution is 2.18. The summed E-state index contributed by atoms with van der Waals surface area (Å²) in [7, 11) is 0. The van der Waals surface area contributed by atoms with Crippen LogP contribution in [-0.4, -0.2) is 23.5 Å². The highest BCUT2D eigenvalue weighted by molar-refractivity contribution is 9.10. The van der Waals surface area contributed by atoms with Gasteiger partial charge < -0.3 is 5.73 Å². The highest BCUT2D eigenvalue weighted by Gasteiger charge is 2.16. The first-order valence-corrected chi connectivity index (χ1v) is 6.46. The standard InChI is InChI=1S/C13H21BrN2.ClH/c1-4-16(10-13(2,3)15)9-11-7-5-6-8-12(11)14;/h5-8H,4,9-10,15H2,1-3H3;1H. The highest BCUT2D eigenvalue weighted by atomic mass is 79.9. The normalized spacial score (nSPS) is 11.4. The van der Waals surface area contributed by atoms with Crippen molar-refractivity contribution in [2.75, 3.05) is 13.1 Å². The summed E-state index contributed by atoms with van der Waals surface area (Å²) in [6.45, 7) is 9.17. The molecule has 2 N–H and O–H groups in total. The second-order valence-corrected chi connectivity index (χ2v) is 5.74. The molecule has 0 unspecified atom stereocenters. The Bertz CT molecular complexity index is 336. The number of halogens is 2. The summed E-state index contributed by atoms with van der Waals surface area (Å²) in [4.78, 5) is 2.36. The van der Waals surface area contributed by atoms with Crippen LogP contribution < -0.4 is 5.73 Å². The number of nitrogens with two attached hydrogens (primary N) is 1. The molecule has 4 heteroatoms. The van der Waals surface area contributed by atoms with Crippen LogP contribution in [0.3, 0.4) is 0 Å². The topological polar surface area (TPSA) is 29.3 Å². The lowest BCUT2D eigenvalue weighted by Gasteiger charge is -2.29. The zero-order valence-corrected chi connectivity index (χ0v) is 13.1.